The molecule has 1 saturated heterocycles. The van der Waals surface area contributed by atoms with Crippen molar-refractivity contribution in [3.63, 3.8) is 0 Å². The van der Waals surface area contributed by atoms with E-state index >= 15 is 0 Å². The minimum atomic E-state index is 0.121. The minimum absolute atomic E-state index is 0.121. The highest BCUT2D eigenvalue weighted by Crippen LogP contribution is 2.28. The smallest absolute Gasteiger partial charge is 0.227 e. The van der Waals surface area contributed by atoms with Crippen molar-refractivity contribution in [2.45, 2.75) is 64.5 Å². The molecular formula is C17H28N4O2. The van der Waals surface area contributed by atoms with Crippen LogP contribution in [0.5, 0.6) is 0 Å². The molecule has 1 aliphatic carbocycles. The molecule has 1 aliphatic heterocycles. The summed E-state index contributed by atoms with van der Waals surface area (Å²) in [5, 5.41) is 7.66. The van der Waals surface area contributed by atoms with E-state index in [1.54, 1.807) is 4.90 Å². The Labute approximate surface area is 138 Å². The second-order valence-electron chi connectivity index (χ2n) is 7.12. The second kappa shape index (κ2) is 7.43. The van der Waals surface area contributed by atoms with Gasteiger partial charge < -0.3 is 4.90 Å². The summed E-state index contributed by atoms with van der Waals surface area (Å²) in [7, 11) is 1.86. The Morgan fingerprint density at radius 3 is 2.70 bits per heavy atom. The third-order valence-corrected chi connectivity index (χ3v) is 5.40. The van der Waals surface area contributed by atoms with Crippen LogP contribution >= 0.6 is 0 Å². The normalized spacial score (nSPS) is 23.8. The Morgan fingerprint density at radius 2 is 2.00 bits per heavy atom. The summed E-state index contributed by atoms with van der Waals surface area (Å²) in [6, 6.07) is 0.701. The van der Waals surface area contributed by atoms with Crippen LogP contribution in [0.15, 0.2) is 4.63 Å². The Kier molecular flexibility index (Phi) is 5.30. The molecule has 1 unspecified atom stereocenters. The van der Waals surface area contributed by atoms with Crippen LogP contribution in [-0.2, 0) is 11.3 Å². The summed E-state index contributed by atoms with van der Waals surface area (Å²) in [4.78, 5) is 17.1. The highest BCUT2D eigenvalue weighted by Gasteiger charge is 2.32. The molecule has 0 spiro atoms. The first-order valence-corrected chi connectivity index (χ1v) is 8.92. The molecule has 3 rings (SSSR count). The fraction of sp³-hybridized carbons (Fsp3) is 0.824. The van der Waals surface area contributed by atoms with Crippen molar-refractivity contribution in [3.8, 4) is 0 Å². The van der Waals surface area contributed by atoms with E-state index in [0.29, 0.717) is 12.6 Å². The highest BCUT2D eigenvalue weighted by molar-refractivity contribution is 5.78. The lowest BCUT2D eigenvalue weighted by Crippen LogP contribution is -2.47. The van der Waals surface area contributed by atoms with E-state index in [4.69, 9.17) is 4.63 Å². The van der Waals surface area contributed by atoms with Gasteiger partial charge in [0, 0.05) is 19.6 Å². The van der Waals surface area contributed by atoms with Crippen molar-refractivity contribution in [1.82, 2.24) is 20.1 Å². The topological polar surface area (TPSA) is 62.5 Å². The molecule has 6 nitrogen and oxygen atoms in total. The number of carbonyl (C=O) groups excluding carboxylic acids is 1. The fourth-order valence-electron chi connectivity index (χ4n) is 3.99. The molecule has 1 aromatic heterocycles. The number of aromatic nitrogens is 2. The van der Waals surface area contributed by atoms with Crippen LogP contribution in [0, 0.1) is 12.8 Å². The second-order valence-corrected chi connectivity index (χ2v) is 7.12. The van der Waals surface area contributed by atoms with E-state index in [-0.39, 0.29) is 11.8 Å². The number of piperidine rings is 1. The molecule has 0 radical (unpaired) electrons. The predicted octanol–water partition coefficient (Wildman–Crippen LogP) is 2.38. The number of amides is 1. The minimum Gasteiger partial charge on any atom is -0.339 e. The van der Waals surface area contributed by atoms with Gasteiger partial charge in [-0.2, -0.15) is 0 Å². The molecule has 0 bridgehead atoms. The Morgan fingerprint density at radius 1 is 1.22 bits per heavy atom. The van der Waals surface area contributed by atoms with Crippen LogP contribution in [0.3, 0.4) is 0 Å². The van der Waals surface area contributed by atoms with Gasteiger partial charge in [0.05, 0.1) is 12.5 Å². The lowest BCUT2D eigenvalue weighted by molar-refractivity contribution is -0.137. The predicted molar refractivity (Wildman–Crippen MR) is 86.7 cm³/mol. The maximum atomic E-state index is 12.8. The van der Waals surface area contributed by atoms with Crippen LogP contribution in [0.25, 0.3) is 0 Å². The first-order chi connectivity index (χ1) is 11.1. The summed E-state index contributed by atoms with van der Waals surface area (Å²) in [6.45, 7) is 4.41. The molecule has 2 aliphatic rings. The van der Waals surface area contributed by atoms with Gasteiger partial charge >= 0.3 is 0 Å². The number of hydrogen-bond acceptors (Lipinski definition) is 5. The average Bonchev–Trinajstić information content (AvgIpc) is 3.00. The van der Waals surface area contributed by atoms with Gasteiger partial charge in [0.1, 0.15) is 11.4 Å². The SMILES string of the molecule is Cc1nonc1CN(C)C(=O)C1CCCN(C2CCCCC2)C1. The lowest BCUT2D eigenvalue weighted by atomic mass is 9.89. The molecule has 1 aromatic rings. The summed E-state index contributed by atoms with van der Waals surface area (Å²) in [5.74, 6) is 0.351. The zero-order valence-electron chi connectivity index (χ0n) is 14.3. The van der Waals surface area contributed by atoms with Gasteiger partial charge in [-0.3, -0.25) is 9.69 Å². The number of hydrogen-bond donors (Lipinski definition) is 0. The number of likely N-dealkylation sites (tertiary alicyclic amines) is 1. The maximum absolute atomic E-state index is 12.8. The number of nitrogens with zero attached hydrogens (tertiary/aromatic N) is 4. The molecule has 1 amide bonds. The van der Waals surface area contributed by atoms with Gasteiger partial charge in [0.2, 0.25) is 5.91 Å². The molecule has 23 heavy (non-hydrogen) atoms. The van der Waals surface area contributed by atoms with Crippen LogP contribution in [0.4, 0.5) is 0 Å². The highest BCUT2D eigenvalue weighted by atomic mass is 16.6. The molecule has 1 saturated carbocycles. The zero-order valence-corrected chi connectivity index (χ0v) is 14.3. The molecule has 1 atom stereocenters. The average molecular weight is 320 g/mol. The fourth-order valence-corrected chi connectivity index (χ4v) is 3.99. The van der Waals surface area contributed by atoms with Gasteiger partial charge in [-0.05, 0) is 39.2 Å². The van der Waals surface area contributed by atoms with E-state index in [0.717, 1.165) is 37.3 Å². The zero-order chi connectivity index (χ0) is 16.2. The summed E-state index contributed by atoms with van der Waals surface area (Å²) >= 11 is 0. The van der Waals surface area contributed by atoms with Crippen molar-refractivity contribution in [2.24, 2.45) is 5.92 Å². The Hall–Kier alpha value is -1.43. The number of carbonyl (C=O) groups is 1. The van der Waals surface area contributed by atoms with Gasteiger partial charge in [0.15, 0.2) is 0 Å². The van der Waals surface area contributed by atoms with E-state index < -0.39 is 0 Å². The van der Waals surface area contributed by atoms with Crippen LogP contribution in [-0.4, -0.2) is 52.2 Å². The summed E-state index contributed by atoms with van der Waals surface area (Å²) in [5.41, 5.74) is 1.51. The molecule has 2 heterocycles. The molecular weight excluding hydrogens is 292 g/mol. The summed E-state index contributed by atoms with van der Waals surface area (Å²) < 4.78 is 4.72. The molecule has 0 aromatic carbocycles. The third-order valence-electron chi connectivity index (χ3n) is 5.40. The third kappa shape index (κ3) is 3.91. The van der Waals surface area contributed by atoms with Gasteiger partial charge in [-0.15, -0.1) is 0 Å². The van der Waals surface area contributed by atoms with Crippen molar-refractivity contribution in [3.05, 3.63) is 11.4 Å². The van der Waals surface area contributed by atoms with Crippen molar-refractivity contribution >= 4 is 5.91 Å². The van der Waals surface area contributed by atoms with E-state index in [1.807, 2.05) is 14.0 Å². The quantitative estimate of drug-likeness (QED) is 0.852. The standard InChI is InChI=1S/C17H28N4O2/c1-13-16(19-23-18-13)12-20(2)17(22)14-7-6-10-21(11-14)15-8-4-3-5-9-15/h14-15H,3-12H2,1-2H3. The van der Waals surface area contributed by atoms with Gasteiger partial charge in [-0.25, -0.2) is 4.63 Å². The van der Waals surface area contributed by atoms with Crippen molar-refractivity contribution in [2.75, 3.05) is 20.1 Å². The molecule has 2 fully saturated rings. The first-order valence-electron chi connectivity index (χ1n) is 8.92. The van der Waals surface area contributed by atoms with Crippen molar-refractivity contribution in [1.29, 1.82) is 0 Å². The maximum Gasteiger partial charge on any atom is 0.227 e. The van der Waals surface area contributed by atoms with E-state index in [2.05, 4.69) is 15.2 Å². The number of rotatable bonds is 4. The van der Waals surface area contributed by atoms with Crippen LogP contribution < -0.4 is 0 Å². The monoisotopic (exact) mass is 320 g/mol. The molecule has 6 heteroatoms. The Balaban J connectivity index is 1.56. The largest absolute Gasteiger partial charge is 0.339 e. The van der Waals surface area contributed by atoms with Crippen LogP contribution in [0.2, 0.25) is 0 Å². The van der Waals surface area contributed by atoms with E-state index in [9.17, 15) is 4.79 Å². The van der Waals surface area contributed by atoms with Crippen LogP contribution in [0.1, 0.15) is 56.3 Å². The molecule has 0 N–H and O–H groups in total. The Bertz CT molecular complexity index is 524. The van der Waals surface area contributed by atoms with Gasteiger partial charge in [-0.1, -0.05) is 29.6 Å². The van der Waals surface area contributed by atoms with E-state index in [1.165, 1.54) is 32.1 Å². The van der Waals surface area contributed by atoms with Gasteiger partial charge in [0.25, 0.3) is 0 Å². The molecule has 128 valence electrons. The first kappa shape index (κ1) is 16.4. The van der Waals surface area contributed by atoms with Crippen molar-refractivity contribution < 1.29 is 9.42 Å². The lowest BCUT2D eigenvalue weighted by Gasteiger charge is -2.40. The summed E-state index contributed by atoms with van der Waals surface area (Å²) in [6.07, 6.45) is 8.81. The number of aryl methyl sites for hydroxylation is 1.